The van der Waals surface area contributed by atoms with E-state index in [-0.39, 0.29) is 17.1 Å². The number of amides is 1. The number of rotatable bonds is 9. The molecule has 0 atom stereocenters. The van der Waals surface area contributed by atoms with Gasteiger partial charge in [0.15, 0.2) is 11.5 Å². The van der Waals surface area contributed by atoms with E-state index in [1.54, 1.807) is 10.9 Å². The highest BCUT2D eigenvalue weighted by molar-refractivity contribution is 6.05. The summed E-state index contributed by atoms with van der Waals surface area (Å²) in [6.45, 7) is 6.79. The summed E-state index contributed by atoms with van der Waals surface area (Å²) in [7, 11) is 1.49. The molecule has 164 valence electrons. The van der Waals surface area contributed by atoms with E-state index < -0.39 is 10.8 Å². The smallest absolute Gasteiger partial charge is 0.322 e. The normalized spacial score (nSPS) is 10.7. The maximum Gasteiger partial charge on any atom is 0.322 e. The van der Waals surface area contributed by atoms with Crippen LogP contribution in [-0.2, 0) is 13.6 Å². The van der Waals surface area contributed by atoms with Crippen molar-refractivity contribution in [2.75, 3.05) is 18.5 Å². The second-order valence-corrected chi connectivity index (χ2v) is 6.69. The summed E-state index contributed by atoms with van der Waals surface area (Å²) >= 11 is 0. The van der Waals surface area contributed by atoms with E-state index in [9.17, 15) is 14.9 Å². The summed E-state index contributed by atoms with van der Waals surface area (Å²) in [6, 6.07) is 5.64. The van der Waals surface area contributed by atoms with E-state index in [2.05, 4.69) is 15.5 Å². The van der Waals surface area contributed by atoms with Gasteiger partial charge in [0, 0.05) is 13.2 Å². The average molecular weight is 428 g/mol. The van der Waals surface area contributed by atoms with Crippen LogP contribution in [0, 0.1) is 17.0 Å². The maximum absolute atomic E-state index is 12.6. The van der Waals surface area contributed by atoms with Crippen molar-refractivity contribution >= 4 is 17.3 Å². The van der Waals surface area contributed by atoms with Crippen LogP contribution in [0.1, 0.15) is 35.6 Å². The molecule has 2 heterocycles. The Kier molecular flexibility index (Phi) is 6.53. The Morgan fingerprint density at radius 2 is 1.94 bits per heavy atom. The van der Waals surface area contributed by atoms with E-state index in [1.165, 1.54) is 24.9 Å². The third-order valence-electron chi connectivity index (χ3n) is 4.43. The van der Waals surface area contributed by atoms with Gasteiger partial charge in [-0.3, -0.25) is 24.3 Å². The Morgan fingerprint density at radius 3 is 2.61 bits per heavy atom. The lowest BCUT2D eigenvalue weighted by molar-refractivity contribution is -0.385. The molecule has 0 unspecified atom stereocenters. The minimum atomic E-state index is -0.631. The van der Waals surface area contributed by atoms with E-state index in [0.717, 1.165) is 5.56 Å². The van der Waals surface area contributed by atoms with Gasteiger partial charge >= 0.3 is 5.69 Å². The minimum absolute atomic E-state index is 0.122. The highest BCUT2D eigenvalue weighted by Crippen LogP contribution is 2.29. The van der Waals surface area contributed by atoms with E-state index in [4.69, 9.17) is 9.47 Å². The lowest BCUT2D eigenvalue weighted by Gasteiger charge is -2.12. The Balaban J connectivity index is 1.75. The highest BCUT2D eigenvalue weighted by atomic mass is 16.6. The molecule has 0 aliphatic rings. The molecular weight excluding hydrogens is 404 g/mol. The molecule has 0 radical (unpaired) electrons. The number of hydrogen-bond acceptors (Lipinski definition) is 7. The Morgan fingerprint density at radius 1 is 1.23 bits per heavy atom. The molecule has 0 aliphatic carbocycles. The van der Waals surface area contributed by atoms with Crippen molar-refractivity contribution in [2.45, 2.75) is 27.3 Å². The fourth-order valence-corrected chi connectivity index (χ4v) is 3.21. The minimum Gasteiger partial charge on any atom is -0.490 e. The van der Waals surface area contributed by atoms with Crippen molar-refractivity contribution < 1.29 is 19.2 Å². The zero-order valence-electron chi connectivity index (χ0n) is 17.8. The summed E-state index contributed by atoms with van der Waals surface area (Å²) in [6.07, 6.45) is 3.12. The molecule has 2 aromatic heterocycles. The topological polar surface area (TPSA) is 126 Å². The molecule has 0 bridgehead atoms. The van der Waals surface area contributed by atoms with Crippen molar-refractivity contribution in [2.24, 2.45) is 7.05 Å². The molecule has 0 saturated carbocycles. The number of anilines is 1. The Bertz CT molecular complexity index is 1100. The number of hydrogen-bond donors (Lipinski definition) is 1. The van der Waals surface area contributed by atoms with Gasteiger partial charge in [-0.25, -0.2) is 0 Å². The fraction of sp³-hybridized carbons (Fsp3) is 0.350. The van der Waals surface area contributed by atoms with Crippen molar-refractivity contribution in [3.63, 3.8) is 0 Å². The van der Waals surface area contributed by atoms with Gasteiger partial charge in [0.25, 0.3) is 5.91 Å². The Labute approximate surface area is 178 Å². The average Bonchev–Trinajstić information content (AvgIpc) is 3.26. The van der Waals surface area contributed by atoms with Crippen LogP contribution in [0.2, 0.25) is 0 Å². The second-order valence-electron chi connectivity index (χ2n) is 6.69. The molecule has 1 aromatic carbocycles. The van der Waals surface area contributed by atoms with Gasteiger partial charge < -0.3 is 14.8 Å². The number of carbonyl (C=O) groups excluding carboxylic acids is 1. The standard InChI is InChI=1S/C20H24N6O5/c1-5-30-16-8-7-14(9-17(16)31-6-2)11-25-12-15(10-21-25)22-20(27)19-18(26(28)29)13(3)23-24(19)4/h7-10,12H,5-6,11H2,1-4H3,(H,22,27). The van der Waals surface area contributed by atoms with E-state index in [1.807, 2.05) is 32.0 Å². The molecule has 3 aromatic rings. The first kappa shape index (κ1) is 21.8. The lowest BCUT2D eigenvalue weighted by atomic mass is 10.2. The summed E-state index contributed by atoms with van der Waals surface area (Å²) in [4.78, 5) is 23.3. The van der Waals surface area contributed by atoms with Gasteiger partial charge in [0.1, 0.15) is 5.69 Å². The van der Waals surface area contributed by atoms with Crippen LogP contribution in [0.3, 0.4) is 0 Å². The second kappa shape index (κ2) is 9.28. The van der Waals surface area contributed by atoms with Gasteiger partial charge in [-0.05, 0) is 38.5 Å². The number of benzene rings is 1. The van der Waals surface area contributed by atoms with Crippen LogP contribution in [0.5, 0.6) is 11.5 Å². The quantitative estimate of drug-likeness (QED) is 0.410. The van der Waals surface area contributed by atoms with Crippen molar-refractivity contribution in [1.29, 1.82) is 0 Å². The molecule has 0 saturated heterocycles. The number of nitrogens with zero attached hydrogens (tertiary/aromatic N) is 5. The molecule has 0 aliphatic heterocycles. The lowest BCUT2D eigenvalue weighted by Crippen LogP contribution is -2.17. The molecule has 11 heteroatoms. The zero-order chi connectivity index (χ0) is 22.5. The molecule has 0 spiro atoms. The molecule has 0 fully saturated rings. The first-order chi connectivity index (χ1) is 14.8. The van der Waals surface area contributed by atoms with Crippen molar-refractivity contribution in [3.8, 4) is 11.5 Å². The van der Waals surface area contributed by atoms with Gasteiger partial charge in [0.05, 0.1) is 36.6 Å². The number of aromatic nitrogens is 4. The van der Waals surface area contributed by atoms with Crippen molar-refractivity contribution in [3.05, 3.63) is 57.7 Å². The summed E-state index contributed by atoms with van der Waals surface area (Å²) in [5.74, 6) is 0.699. The molecular formula is C20H24N6O5. The molecule has 1 amide bonds. The van der Waals surface area contributed by atoms with Crippen LogP contribution >= 0.6 is 0 Å². The number of carbonyl (C=O) groups is 1. The molecule has 31 heavy (non-hydrogen) atoms. The first-order valence-corrected chi connectivity index (χ1v) is 9.74. The third kappa shape index (κ3) is 4.82. The largest absolute Gasteiger partial charge is 0.490 e. The highest BCUT2D eigenvalue weighted by Gasteiger charge is 2.29. The maximum atomic E-state index is 12.6. The SMILES string of the molecule is CCOc1ccc(Cn2cc(NC(=O)c3c([N+](=O)[O-])c(C)nn3C)cn2)cc1OCC. The van der Waals surface area contributed by atoms with E-state index in [0.29, 0.717) is 36.9 Å². The molecule has 1 N–H and O–H groups in total. The van der Waals surface area contributed by atoms with Gasteiger partial charge in [0.2, 0.25) is 5.69 Å². The van der Waals surface area contributed by atoms with Crippen molar-refractivity contribution in [1.82, 2.24) is 19.6 Å². The number of ether oxygens (including phenoxy) is 2. The number of aryl methyl sites for hydroxylation is 2. The summed E-state index contributed by atoms with van der Waals surface area (Å²) in [5, 5.41) is 22.2. The number of nitrogens with one attached hydrogen (secondary N) is 1. The van der Waals surface area contributed by atoms with Gasteiger partial charge in [-0.15, -0.1) is 0 Å². The predicted molar refractivity (Wildman–Crippen MR) is 113 cm³/mol. The van der Waals surface area contributed by atoms with Gasteiger partial charge in [-0.2, -0.15) is 10.2 Å². The number of nitro groups is 1. The van der Waals surface area contributed by atoms with Crippen LogP contribution < -0.4 is 14.8 Å². The van der Waals surface area contributed by atoms with E-state index >= 15 is 0 Å². The zero-order valence-corrected chi connectivity index (χ0v) is 17.8. The van der Waals surface area contributed by atoms with Crippen LogP contribution in [-0.4, -0.2) is 43.6 Å². The molecule has 3 rings (SSSR count). The first-order valence-electron chi connectivity index (χ1n) is 9.74. The third-order valence-corrected chi connectivity index (χ3v) is 4.43. The predicted octanol–water partition coefficient (Wildman–Crippen LogP) is 2.93. The van der Waals surface area contributed by atoms with Crippen LogP contribution in [0.4, 0.5) is 11.4 Å². The van der Waals surface area contributed by atoms with Gasteiger partial charge in [-0.1, -0.05) is 6.07 Å². The summed E-state index contributed by atoms with van der Waals surface area (Å²) < 4.78 is 14.1. The summed E-state index contributed by atoms with van der Waals surface area (Å²) in [5.41, 5.74) is 1.09. The fourth-order valence-electron chi connectivity index (χ4n) is 3.21. The van der Waals surface area contributed by atoms with Crippen LogP contribution in [0.25, 0.3) is 0 Å². The Hall–Kier alpha value is -3.89. The monoisotopic (exact) mass is 428 g/mol. The van der Waals surface area contributed by atoms with Crippen LogP contribution in [0.15, 0.2) is 30.6 Å². The molecule has 11 nitrogen and oxygen atoms in total.